The van der Waals surface area contributed by atoms with Crippen molar-refractivity contribution in [1.29, 1.82) is 0 Å². The van der Waals surface area contributed by atoms with Gasteiger partial charge in [0, 0.05) is 12.2 Å². The van der Waals surface area contributed by atoms with Crippen molar-refractivity contribution in [2.75, 3.05) is 30.5 Å². The molecule has 0 fully saturated rings. The molecule has 174 valence electrons. The monoisotopic (exact) mass is 480 g/mol. The normalized spacial score (nSPS) is 11.6. The van der Waals surface area contributed by atoms with Crippen LogP contribution in [-0.2, 0) is 16.1 Å². The van der Waals surface area contributed by atoms with E-state index in [2.05, 4.69) is 10.6 Å². The highest BCUT2D eigenvalue weighted by atomic mass is 35.5. The van der Waals surface area contributed by atoms with Gasteiger partial charge in [-0.1, -0.05) is 29.3 Å². The van der Waals surface area contributed by atoms with Crippen LogP contribution in [0.3, 0.4) is 0 Å². The molecule has 9 heteroatoms. The van der Waals surface area contributed by atoms with Gasteiger partial charge < -0.3 is 25.2 Å². The van der Waals surface area contributed by atoms with E-state index in [0.29, 0.717) is 31.0 Å². The molecule has 2 rings (SSSR count). The number of hydrogen-bond acceptors (Lipinski definition) is 6. The molecular weight excluding hydrogens is 452 g/mol. The number of aliphatic carboxylic acids is 1. The van der Waals surface area contributed by atoms with E-state index >= 15 is 0 Å². The summed E-state index contributed by atoms with van der Waals surface area (Å²) in [7, 11) is 0. The van der Waals surface area contributed by atoms with Crippen LogP contribution in [-0.4, -0.2) is 48.2 Å². The number of carbonyl (C=O) groups excluding carboxylic acids is 1. The van der Waals surface area contributed by atoms with Crippen molar-refractivity contribution in [2.45, 2.75) is 32.9 Å². The second-order valence-corrected chi connectivity index (χ2v) is 8.49. The van der Waals surface area contributed by atoms with Crippen LogP contribution in [0.2, 0.25) is 5.02 Å². The first-order valence-corrected chi connectivity index (χ1v) is 12.0. The number of carboxylic acids is 1. The summed E-state index contributed by atoms with van der Waals surface area (Å²) in [6.07, 6.45) is 2.45. The zero-order valence-electron chi connectivity index (χ0n) is 18.4. The van der Waals surface area contributed by atoms with Crippen molar-refractivity contribution in [1.82, 2.24) is 5.32 Å². The molecule has 0 saturated carbocycles. The zero-order valence-corrected chi connectivity index (χ0v) is 20.0. The van der Waals surface area contributed by atoms with Crippen LogP contribution < -0.4 is 20.1 Å². The number of ether oxygens (including phenoxy) is 2. The van der Waals surface area contributed by atoms with E-state index in [1.54, 1.807) is 23.9 Å². The van der Waals surface area contributed by atoms with Crippen molar-refractivity contribution in [2.24, 2.45) is 0 Å². The number of carboxylic acid groups (broad SMARTS) is 1. The fourth-order valence-corrected chi connectivity index (χ4v) is 3.65. The minimum absolute atomic E-state index is 0.235. The van der Waals surface area contributed by atoms with E-state index < -0.39 is 12.0 Å². The van der Waals surface area contributed by atoms with Crippen LogP contribution in [0.4, 0.5) is 5.69 Å². The third-order valence-electron chi connectivity index (χ3n) is 4.51. The Kier molecular flexibility index (Phi) is 10.7. The van der Waals surface area contributed by atoms with Crippen molar-refractivity contribution in [3.05, 3.63) is 52.5 Å². The molecule has 0 bridgehead atoms. The number of amides is 1. The van der Waals surface area contributed by atoms with Crippen molar-refractivity contribution < 1.29 is 24.2 Å². The summed E-state index contributed by atoms with van der Waals surface area (Å²) in [4.78, 5) is 23.7. The first-order valence-electron chi connectivity index (χ1n) is 10.2. The van der Waals surface area contributed by atoms with Crippen LogP contribution >= 0.6 is 23.4 Å². The zero-order chi connectivity index (χ0) is 23.5. The molecule has 1 unspecified atom stereocenters. The van der Waals surface area contributed by atoms with E-state index in [4.69, 9.17) is 21.1 Å². The van der Waals surface area contributed by atoms with Gasteiger partial charge in [0.05, 0.1) is 11.6 Å². The minimum Gasteiger partial charge on any atom is -0.490 e. The van der Waals surface area contributed by atoms with Gasteiger partial charge in [0.25, 0.3) is 5.91 Å². The van der Waals surface area contributed by atoms with E-state index in [-0.39, 0.29) is 23.3 Å². The van der Waals surface area contributed by atoms with Gasteiger partial charge in [-0.2, -0.15) is 11.8 Å². The first-order chi connectivity index (χ1) is 15.3. The number of aryl methyl sites for hydroxylation is 1. The van der Waals surface area contributed by atoms with E-state index in [0.717, 1.165) is 16.9 Å². The molecule has 2 aromatic rings. The third kappa shape index (κ3) is 8.26. The molecule has 32 heavy (non-hydrogen) atoms. The Hall–Kier alpha value is -2.42. The molecule has 0 heterocycles. The summed E-state index contributed by atoms with van der Waals surface area (Å²) in [6, 6.07) is 10.2. The standard InChI is InChI=1S/C23H29ClN2O5S/c1-4-30-20-12-16(13-25-19(23(28)29)9-10-32-3)11-18(24)22(20)31-14-21(27)26-17-7-5-15(2)6-8-17/h5-8,11-12,19,25H,4,9-10,13-14H2,1-3H3,(H,26,27)(H,28,29). The Labute approximate surface area is 197 Å². The Morgan fingerprint density at radius 3 is 2.53 bits per heavy atom. The topological polar surface area (TPSA) is 96.9 Å². The predicted molar refractivity (Wildman–Crippen MR) is 129 cm³/mol. The van der Waals surface area contributed by atoms with Crippen LogP contribution in [0.15, 0.2) is 36.4 Å². The Morgan fingerprint density at radius 2 is 1.91 bits per heavy atom. The summed E-state index contributed by atoms with van der Waals surface area (Å²) >= 11 is 8.01. The number of anilines is 1. The summed E-state index contributed by atoms with van der Waals surface area (Å²) in [5.41, 5.74) is 2.53. The summed E-state index contributed by atoms with van der Waals surface area (Å²) in [6.45, 7) is 4.25. The average Bonchev–Trinajstić information content (AvgIpc) is 2.74. The van der Waals surface area contributed by atoms with Crippen molar-refractivity contribution in [3.63, 3.8) is 0 Å². The molecule has 2 aromatic carbocycles. The Bertz CT molecular complexity index is 908. The highest BCUT2D eigenvalue weighted by Gasteiger charge is 2.18. The quantitative estimate of drug-likeness (QED) is 0.392. The number of rotatable bonds is 13. The molecule has 7 nitrogen and oxygen atoms in total. The second kappa shape index (κ2) is 13.2. The number of benzene rings is 2. The molecule has 0 saturated heterocycles. The minimum atomic E-state index is -0.894. The first kappa shape index (κ1) is 25.8. The summed E-state index contributed by atoms with van der Waals surface area (Å²) in [5, 5.41) is 15.5. The molecule has 0 radical (unpaired) electrons. The van der Waals surface area contributed by atoms with E-state index in [9.17, 15) is 14.7 Å². The fourth-order valence-electron chi connectivity index (χ4n) is 2.89. The van der Waals surface area contributed by atoms with E-state index in [1.807, 2.05) is 44.4 Å². The second-order valence-electron chi connectivity index (χ2n) is 7.09. The molecule has 0 aliphatic carbocycles. The van der Waals surface area contributed by atoms with Gasteiger partial charge in [-0.05, 0) is 62.1 Å². The highest BCUT2D eigenvalue weighted by Crippen LogP contribution is 2.36. The van der Waals surface area contributed by atoms with Crippen LogP contribution in [0.5, 0.6) is 11.5 Å². The lowest BCUT2D eigenvalue weighted by Gasteiger charge is -2.17. The van der Waals surface area contributed by atoms with Gasteiger partial charge in [0.15, 0.2) is 18.1 Å². The van der Waals surface area contributed by atoms with Gasteiger partial charge >= 0.3 is 5.97 Å². The highest BCUT2D eigenvalue weighted by molar-refractivity contribution is 7.98. The van der Waals surface area contributed by atoms with Crippen molar-refractivity contribution in [3.8, 4) is 11.5 Å². The molecule has 1 atom stereocenters. The van der Waals surface area contributed by atoms with Crippen LogP contribution in [0.25, 0.3) is 0 Å². The lowest BCUT2D eigenvalue weighted by molar-refractivity contribution is -0.139. The number of hydrogen-bond donors (Lipinski definition) is 3. The lowest BCUT2D eigenvalue weighted by Crippen LogP contribution is -2.36. The summed E-state index contributed by atoms with van der Waals surface area (Å²) in [5.74, 6) is 0.196. The Balaban J connectivity index is 2.05. The van der Waals surface area contributed by atoms with Crippen molar-refractivity contribution >= 4 is 40.9 Å². The molecule has 0 aliphatic rings. The Morgan fingerprint density at radius 1 is 1.19 bits per heavy atom. The average molecular weight is 481 g/mol. The van der Waals surface area contributed by atoms with Gasteiger partial charge in [0.1, 0.15) is 6.04 Å². The molecule has 0 aromatic heterocycles. The van der Waals surface area contributed by atoms with E-state index in [1.165, 1.54) is 0 Å². The van der Waals surface area contributed by atoms with Crippen LogP contribution in [0, 0.1) is 6.92 Å². The van der Waals surface area contributed by atoms with Crippen LogP contribution in [0.1, 0.15) is 24.5 Å². The summed E-state index contributed by atoms with van der Waals surface area (Å²) < 4.78 is 11.3. The van der Waals surface area contributed by atoms with Gasteiger partial charge in [-0.15, -0.1) is 0 Å². The smallest absolute Gasteiger partial charge is 0.320 e. The molecule has 0 spiro atoms. The molecule has 1 amide bonds. The van der Waals surface area contributed by atoms with Gasteiger partial charge in [-0.25, -0.2) is 0 Å². The molecule has 0 aliphatic heterocycles. The molecular formula is C23H29ClN2O5S. The maximum Gasteiger partial charge on any atom is 0.320 e. The number of nitrogens with one attached hydrogen (secondary N) is 2. The van der Waals surface area contributed by atoms with Gasteiger partial charge in [0.2, 0.25) is 0 Å². The lowest BCUT2D eigenvalue weighted by atomic mass is 10.1. The number of thioether (sulfide) groups is 1. The number of carbonyl (C=O) groups is 2. The van der Waals surface area contributed by atoms with Gasteiger partial charge in [-0.3, -0.25) is 9.59 Å². The fraction of sp³-hybridized carbons (Fsp3) is 0.391. The predicted octanol–water partition coefficient (Wildman–Crippen LogP) is 4.36. The maximum absolute atomic E-state index is 12.3. The largest absolute Gasteiger partial charge is 0.490 e. The number of halogens is 1. The SMILES string of the molecule is CCOc1cc(CNC(CCSC)C(=O)O)cc(Cl)c1OCC(=O)Nc1ccc(C)cc1. The molecule has 3 N–H and O–H groups in total. The maximum atomic E-state index is 12.3. The third-order valence-corrected chi connectivity index (χ3v) is 5.44.